The number of nitrogens with one attached hydrogen (secondary N) is 3. The number of amides is 1. The summed E-state index contributed by atoms with van der Waals surface area (Å²) in [6, 6.07) is -0.482. The van der Waals surface area contributed by atoms with Crippen LogP contribution in [0.1, 0.15) is 187 Å². The van der Waals surface area contributed by atoms with Crippen molar-refractivity contribution in [3.05, 3.63) is 0 Å². The fourth-order valence-electron chi connectivity index (χ4n) is 5.37. The van der Waals surface area contributed by atoms with Gasteiger partial charge < -0.3 is 16.4 Å². The summed E-state index contributed by atoms with van der Waals surface area (Å²) >= 11 is 0. The summed E-state index contributed by atoms with van der Waals surface area (Å²) in [5, 5.41) is 13.1. The molecule has 5 N–H and O–H groups in total. The van der Waals surface area contributed by atoms with Crippen LogP contribution < -0.4 is 16.4 Å². The van der Waals surface area contributed by atoms with Crippen molar-refractivity contribution >= 4 is 17.6 Å². The molecule has 1 amide bonds. The average Bonchev–Trinajstić information content (AvgIpc) is 2.93. The zero-order valence-corrected chi connectivity index (χ0v) is 26.8. The molecule has 0 aliphatic heterocycles. The van der Waals surface area contributed by atoms with Crippen molar-refractivity contribution in [3.8, 4) is 0 Å². The largest absolute Gasteiger partial charge is 0.370 e. The number of Topliss-reactive ketones (excluding diaryl/α,β-unsaturated/α-hetero) is 1. The van der Waals surface area contributed by atoms with Gasteiger partial charge >= 0.3 is 0 Å². The lowest BCUT2D eigenvalue weighted by Gasteiger charge is -2.18. The van der Waals surface area contributed by atoms with Gasteiger partial charge in [-0.3, -0.25) is 15.0 Å². The Kier molecular flexibility index (Phi) is 29.2. The van der Waals surface area contributed by atoms with Gasteiger partial charge in [0.25, 0.3) is 0 Å². The first-order chi connectivity index (χ1) is 19.5. The van der Waals surface area contributed by atoms with Crippen molar-refractivity contribution < 1.29 is 9.59 Å². The van der Waals surface area contributed by atoms with Crippen molar-refractivity contribution in [2.24, 2.45) is 5.73 Å². The van der Waals surface area contributed by atoms with Crippen LogP contribution in [-0.4, -0.2) is 30.2 Å². The van der Waals surface area contributed by atoms with Crippen molar-refractivity contribution in [2.45, 2.75) is 193 Å². The lowest BCUT2D eigenvalue weighted by atomic mass is 10.0. The highest BCUT2D eigenvalue weighted by Crippen LogP contribution is 2.14. The van der Waals surface area contributed by atoms with Gasteiger partial charge in [0, 0.05) is 19.4 Å². The molecule has 6 nitrogen and oxygen atoms in total. The molecule has 0 aromatic carbocycles. The Balaban J connectivity index is 3.99. The maximum Gasteiger partial charge on any atom is 0.220 e. The Morgan fingerprint density at radius 1 is 0.575 bits per heavy atom. The first-order valence-electron chi connectivity index (χ1n) is 17.4. The topological polar surface area (TPSA) is 108 Å². The Hall–Kier alpha value is -1.59. The van der Waals surface area contributed by atoms with Crippen LogP contribution in [0.3, 0.4) is 0 Å². The van der Waals surface area contributed by atoms with E-state index in [0.717, 1.165) is 25.7 Å². The fraction of sp³-hybridized carbons (Fsp3) is 0.912. The lowest BCUT2D eigenvalue weighted by Crippen LogP contribution is -2.43. The molecule has 0 aliphatic rings. The van der Waals surface area contributed by atoms with Crippen molar-refractivity contribution in [1.29, 1.82) is 5.41 Å². The SMILES string of the molecule is CCCCCCCCCCCCCCCC(=O)C(CCNC(=N)N)NC(=O)CCCCCCCCCCCCC. The molecule has 6 heteroatoms. The number of nitrogens with two attached hydrogens (primary N) is 1. The highest BCUT2D eigenvalue weighted by Gasteiger charge is 2.20. The van der Waals surface area contributed by atoms with Crippen LogP contribution >= 0.6 is 0 Å². The highest BCUT2D eigenvalue weighted by molar-refractivity contribution is 5.89. The third-order valence-corrected chi connectivity index (χ3v) is 8.01. The molecule has 0 radical (unpaired) electrons. The minimum absolute atomic E-state index is 0.0255. The molecule has 0 aliphatic carbocycles. The molecule has 0 saturated carbocycles. The van der Waals surface area contributed by atoms with Gasteiger partial charge in [-0.25, -0.2) is 0 Å². The van der Waals surface area contributed by atoms with Gasteiger partial charge in [-0.2, -0.15) is 0 Å². The highest BCUT2D eigenvalue weighted by atomic mass is 16.2. The van der Waals surface area contributed by atoms with E-state index in [2.05, 4.69) is 24.5 Å². The van der Waals surface area contributed by atoms with Gasteiger partial charge in [-0.1, -0.05) is 155 Å². The van der Waals surface area contributed by atoms with Crippen LogP contribution in [0.15, 0.2) is 0 Å². The zero-order valence-electron chi connectivity index (χ0n) is 26.8. The maximum atomic E-state index is 12.9. The minimum atomic E-state index is -0.482. The van der Waals surface area contributed by atoms with E-state index in [4.69, 9.17) is 11.1 Å². The molecule has 40 heavy (non-hydrogen) atoms. The second-order valence-electron chi connectivity index (χ2n) is 12.0. The summed E-state index contributed by atoms with van der Waals surface area (Å²) in [5.41, 5.74) is 5.40. The molecule has 0 bridgehead atoms. The van der Waals surface area contributed by atoms with Crippen LogP contribution in [0, 0.1) is 5.41 Å². The van der Waals surface area contributed by atoms with E-state index >= 15 is 0 Å². The normalized spacial score (nSPS) is 11.8. The molecular formula is C34H68N4O2. The molecule has 0 rings (SSSR count). The molecular weight excluding hydrogens is 496 g/mol. The van der Waals surface area contributed by atoms with Crippen LogP contribution in [-0.2, 0) is 9.59 Å². The summed E-state index contributed by atoms with van der Waals surface area (Å²) in [5.74, 6) is -0.0156. The van der Waals surface area contributed by atoms with Crippen molar-refractivity contribution in [2.75, 3.05) is 6.54 Å². The molecule has 0 aromatic heterocycles. The average molecular weight is 565 g/mol. The van der Waals surface area contributed by atoms with E-state index in [9.17, 15) is 9.59 Å². The number of ketones is 1. The Morgan fingerprint density at radius 3 is 1.30 bits per heavy atom. The van der Waals surface area contributed by atoms with Crippen molar-refractivity contribution in [1.82, 2.24) is 10.6 Å². The molecule has 0 aromatic rings. The fourth-order valence-corrected chi connectivity index (χ4v) is 5.37. The van der Waals surface area contributed by atoms with Crippen LogP contribution in [0.25, 0.3) is 0 Å². The molecule has 1 atom stereocenters. The van der Waals surface area contributed by atoms with Gasteiger partial charge in [-0.05, 0) is 19.3 Å². The molecule has 0 heterocycles. The maximum absolute atomic E-state index is 12.9. The van der Waals surface area contributed by atoms with E-state index in [1.165, 1.54) is 128 Å². The third kappa shape index (κ3) is 28.0. The Morgan fingerprint density at radius 2 is 0.925 bits per heavy atom. The monoisotopic (exact) mass is 565 g/mol. The summed E-state index contributed by atoms with van der Waals surface area (Å²) in [6.07, 6.45) is 31.9. The Labute approximate surface area is 248 Å². The van der Waals surface area contributed by atoms with Crippen LogP contribution in [0.4, 0.5) is 0 Å². The molecule has 0 fully saturated rings. The number of hydrogen-bond donors (Lipinski definition) is 4. The van der Waals surface area contributed by atoms with E-state index in [-0.39, 0.29) is 17.6 Å². The zero-order chi connectivity index (χ0) is 29.5. The van der Waals surface area contributed by atoms with E-state index in [1.807, 2.05) is 0 Å². The van der Waals surface area contributed by atoms with Gasteiger partial charge in [0.15, 0.2) is 11.7 Å². The number of guanidine groups is 1. The predicted octanol–water partition coefficient (Wildman–Crippen LogP) is 9.10. The molecule has 1 unspecified atom stereocenters. The first-order valence-corrected chi connectivity index (χ1v) is 17.4. The van der Waals surface area contributed by atoms with Gasteiger partial charge in [-0.15, -0.1) is 0 Å². The summed E-state index contributed by atoms with van der Waals surface area (Å²) in [7, 11) is 0. The third-order valence-electron chi connectivity index (χ3n) is 8.01. The predicted molar refractivity (Wildman–Crippen MR) is 173 cm³/mol. The standard InChI is InChI=1S/C34H68N4O2/c1-3-5-7-9-11-13-15-16-18-19-21-23-25-27-32(39)31(29-30-37-34(35)36)38-33(40)28-26-24-22-20-17-14-12-10-8-6-4-2/h31H,3-30H2,1-2H3,(H,38,40)(H4,35,36,37). The van der Waals surface area contributed by atoms with Crippen LogP contribution in [0.2, 0.25) is 0 Å². The molecule has 0 spiro atoms. The van der Waals surface area contributed by atoms with Gasteiger partial charge in [0.1, 0.15) is 0 Å². The minimum Gasteiger partial charge on any atom is -0.370 e. The number of rotatable bonds is 31. The molecule has 236 valence electrons. The van der Waals surface area contributed by atoms with E-state index in [1.54, 1.807) is 0 Å². The summed E-state index contributed by atoms with van der Waals surface area (Å²) < 4.78 is 0. The number of carbonyl (C=O) groups is 2. The number of carbonyl (C=O) groups excluding carboxylic acids is 2. The van der Waals surface area contributed by atoms with Gasteiger partial charge in [0.2, 0.25) is 5.91 Å². The lowest BCUT2D eigenvalue weighted by molar-refractivity contribution is -0.128. The summed E-state index contributed by atoms with van der Waals surface area (Å²) in [4.78, 5) is 25.4. The summed E-state index contributed by atoms with van der Waals surface area (Å²) in [6.45, 7) is 4.94. The van der Waals surface area contributed by atoms with E-state index in [0.29, 0.717) is 25.8 Å². The molecule has 0 saturated heterocycles. The Bertz CT molecular complexity index is 596. The van der Waals surface area contributed by atoms with E-state index < -0.39 is 6.04 Å². The quantitative estimate of drug-likeness (QED) is 0.0382. The number of unbranched alkanes of at least 4 members (excludes halogenated alkanes) is 22. The second-order valence-corrected chi connectivity index (χ2v) is 12.0. The number of hydrogen-bond acceptors (Lipinski definition) is 3. The van der Waals surface area contributed by atoms with Crippen LogP contribution in [0.5, 0.6) is 0 Å². The van der Waals surface area contributed by atoms with Gasteiger partial charge in [0.05, 0.1) is 6.04 Å². The van der Waals surface area contributed by atoms with Crippen molar-refractivity contribution in [3.63, 3.8) is 0 Å². The second kappa shape index (κ2) is 30.4. The first kappa shape index (κ1) is 38.4. The smallest absolute Gasteiger partial charge is 0.220 e.